The number of aliphatic hydroxyl groups excluding tert-OH is 2. The molecule has 3 saturated carbocycles. The quantitative estimate of drug-likeness (QED) is 0.0138. The lowest BCUT2D eigenvalue weighted by atomic mass is 9.87. The Hall–Kier alpha value is -8.08. The number of aromatic nitrogens is 6. The minimum atomic E-state index is -1.00. The lowest BCUT2D eigenvalue weighted by Gasteiger charge is -2.26. The van der Waals surface area contributed by atoms with Crippen molar-refractivity contribution >= 4 is 130 Å². The molecule has 636 valence electrons. The van der Waals surface area contributed by atoms with Crippen molar-refractivity contribution in [2.45, 2.75) is 200 Å². The van der Waals surface area contributed by atoms with Gasteiger partial charge in [0.25, 0.3) is 0 Å². The van der Waals surface area contributed by atoms with Gasteiger partial charge in [0.1, 0.15) is 67.0 Å². The van der Waals surface area contributed by atoms with Crippen molar-refractivity contribution in [3.8, 4) is 0 Å². The molecule has 0 radical (unpaired) electrons. The zero-order chi connectivity index (χ0) is 86.5. The molecule has 0 saturated heterocycles. The Kier molecular flexibility index (Phi) is 31.3. The van der Waals surface area contributed by atoms with Crippen LogP contribution in [0.1, 0.15) is 209 Å². The third-order valence-electron chi connectivity index (χ3n) is 22.8. The summed E-state index contributed by atoms with van der Waals surface area (Å²) >= 11 is 23.2. The second kappa shape index (κ2) is 41.9. The summed E-state index contributed by atoms with van der Waals surface area (Å²) in [6.45, 7) is 18.2. The van der Waals surface area contributed by atoms with E-state index in [2.05, 4.69) is 76.2 Å². The van der Waals surface area contributed by atoms with Gasteiger partial charge in [-0.15, -0.1) is 34.0 Å². The summed E-state index contributed by atoms with van der Waals surface area (Å²) in [6.07, 6.45) is 15.0. The number of anilines is 3. The maximum absolute atomic E-state index is 13.8. The van der Waals surface area contributed by atoms with Gasteiger partial charge in [0.15, 0.2) is 0 Å². The van der Waals surface area contributed by atoms with Gasteiger partial charge in [-0.3, -0.25) is 28.4 Å². The molecule has 0 spiro atoms. The molecular formula is C86H101B2Cl3FN11O14S3. The van der Waals surface area contributed by atoms with Crippen molar-refractivity contribution in [3.05, 3.63) is 221 Å². The summed E-state index contributed by atoms with van der Waals surface area (Å²) < 4.78 is 45.5. The molecule has 6 aliphatic rings. The van der Waals surface area contributed by atoms with Crippen molar-refractivity contribution in [2.24, 2.45) is 17.8 Å². The normalized spacial score (nSPS) is 22.6. The summed E-state index contributed by atoms with van der Waals surface area (Å²) in [5.74, 6) is 0.137. The van der Waals surface area contributed by atoms with Gasteiger partial charge in [-0.1, -0.05) is 73.3 Å². The Morgan fingerprint density at radius 2 is 0.850 bits per heavy atom. The molecule has 0 unspecified atom stereocenters. The van der Waals surface area contributed by atoms with Crippen LogP contribution in [0, 0.1) is 38.5 Å². The lowest BCUT2D eigenvalue weighted by Crippen LogP contribution is -2.45. The van der Waals surface area contributed by atoms with E-state index >= 15 is 0 Å². The summed E-state index contributed by atoms with van der Waals surface area (Å²) in [5, 5.41) is 56.9. The highest BCUT2D eigenvalue weighted by molar-refractivity contribution is 7.15. The van der Waals surface area contributed by atoms with Crippen LogP contribution in [0.5, 0.6) is 0 Å². The monoisotopic (exact) mass is 1750 g/mol. The van der Waals surface area contributed by atoms with Crippen molar-refractivity contribution in [1.29, 1.82) is 0 Å². The number of hydrogen-bond donors (Lipinski definition) is 9. The largest absolute Gasteiger partial charge is 0.461 e. The second-order valence-electron chi connectivity index (χ2n) is 31.1. The molecule has 3 fully saturated rings. The third-order valence-corrected chi connectivity index (χ3v) is 26.7. The van der Waals surface area contributed by atoms with Gasteiger partial charge in [0.2, 0.25) is 17.3 Å². The topological polar surface area (TPSA) is 350 Å². The number of ketones is 3. The average Bonchev–Trinajstić information content (AvgIpc) is 1.63. The SMILES string of the molecule is CB(O)N[C@@H](C)C(=O)O[C@H]1C[C@H](Nc2ncncc2C(=O)c2cc([C@@H]3OCCc4ccc(Cl)cc43)c(C)s2)C[C@@H]1CO.CC[C@H]1C[C@@H](Nc2ncncc2C(=O)c2cc([C@@H]3OCCc4ccc(Cl)cc43)c(C)s2)C[C@@H]1O.CC[C@H]1C[C@@H](Nc2ncncc2C(=O)c2cc([C@@H]3OCCc4ccc(Cl)cc43)c(C)s2)C[C@@H]1OC(=O)[C@H](C)NB(C)O.[2H]CF. The summed E-state index contributed by atoms with van der Waals surface area (Å²) in [6, 6.07) is 21.9. The smallest absolute Gasteiger partial charge is 0.374 e. The van der Waals surface area contributed by atoms with Crippen molar-refractivity contribution in [1.82, 2.24) is 40.4 Å². The van der Waals surface area contributed by atoms with E-state index in [-0.39, 0.29) is 90.4 Å². The molecule has 0 bridgehead atoms. The van der Waals surface area contributed by atoms with Gasteiger partial charge in [0.05, 0.1) is 77.9 Å². The lowest BCUT2D eigenvalue weighted by molar-refractivity contribution is -0.153. The molecule has 3 aliphatic carbocycles. The highest BCUT2D eigenvalue weighted by Crippen LogP contribution is 2.45. The predicted molar refractivity (Wildman–Crippen MR) is 466 cm³/mol. The summed E-state index contributed by atoms with van der Waals surface area (Å²) in [7, 11) is -2.67. The first kappa shape index (κ1) is 89.7. The van der Waals surface area contributed by atoms with Gasteiger partial charge in [-0.25, -0.2) is 29.9 Å². The number of nitrogens with one attached hydrogen (secondary N) is 5. The molecule has 15 rings (SSSR count). The van der Waals surface area contributed by atoms with E-state index in [1.165, 1.54) is 82.7 Å². The minimum Gasteiger partial charge on any atom is -0.461 e. The second-order valence-corrected chi connectivity index (χ2v) is 36.2. The van der Waals surface area contributed by atoms with Gasteiger partial charge in [-0.05, 0) is 216 Å². The Labute approximate surface area is 727 Å². The van der Waals surface area contributed by atoms with E-state index in [1.807, 2.05) is 87.5 Å². The molecule has 6 aromatic heterocycles. The van der Waals surface area contributed by atoms with Crippen LogP contribution in [0.2, 0.25) is 28.7 Å². The molecule has 9 N–H and O–H groups in total. The molecule has 34 heteroatoms. The molecule has 120 heavy (non-hydrogen) atoms. The molecule has 25 nitrogen and oxygen atoms in total. The maximum Gasteiger partial charge on any atom is 0.374 e. The van der Waals surface area contributed by atoms with Gasteiger partial charge in [-0.2, -0.15) is 0 Å². The molecule has 3 aliphatic heterocycles. The molecule has 9 heterocycles. The van der Waals surface area contributed by atoms with Crippen molar-refractivity contribution < 1.29 is 73.7 Å². The number of alkyl halides is 1. The van der Waals surface area contributed by atoms with Crippen LogP contribution in [0.3, 0.4) is 0 Å². The van der Waals surface area contributed by atoms with E-state index in [0.717, 1.165) is 93.0 Å². The average molecular weight is 1760 g/mol. The first-order valence-electron chi connectivity index (χ1n) is 41.1. The number of hydrogen-bond acceptors (Lipinski definition) is 28. The molecule has 14 atom stereocenters. The maximum atomic E-state index is 13.8. The number of aryl methyl sites for hydroxylation is 3. The van der Waals surface area contributed by atoms with E-state index in [9.17, 15) is 48.6 Å². The summed E-state index contributed by atoms with van der Waals surface area (Å²) in [5.41, 5.74) is 10.8. The van der Waals surface area contributed by atoms with Gasteiger partial charge >= 0.3 is 26.0 Å². The first-order valence-corrected chi connectivity index (χ1v) is 44.0. The van der Waals surface area contributed by atoms with Crippen molar-refractivity contribution in [3.63, 3.8) is 0 Å². The number of esters is 2. The number of halogens is 4. The third kappa shape index (κ3) is 21.9. The number of rotatable bonds is 26. The number of benzene rings is 3. The molecule has 3 aromatic carbocycles. The van der Waals surface area contributed by atoms with Crippen LogP contribution in [0.4, 0.5) is 21.8 Å². The minimum absolute atomic E-state index is 0.0354. The number of fused-ring (bicyclic) bond motifs is 3. The van der Waals surface area contributed by atoms with Crippen LogP contribution in [-0.4, -0.2) is 176 Å². The molecule has 0 amide bonds. The van der Waals surface area contributed by atoms with Crippen LogP contribution in [-0.2, 0) is 52.5 Å². The van der Waals surface area contributed by atoms with Crippen LogP contribution >= 0.6 is 68.8 Å². The molecule has 9 aromatic rings. The van der Waals surface area contributed by atoms with E-state index in [4.69, 9.17) is 59.9 Å². The number of carbonyl (C=O) groups excluding carboxylic acids is 5. The fourth-order valence-electron chi connectivity index (χ4n) is 16.8. The Morgan fingerprint density at radius 1 is 0.525 bits per heavy atom. The zero-order valence-corrected chi connectivity index (χ0v) is 73.0. The Bertz CT molecular complexity index is 4920. The fourth-order valence-corrected chi connectivity index (χ4v) is 20.3. The number of ether oxygens (including phenoxy) is 5. The Balaban J connectivity index is 0.000000164. The highest BCUT2D eigenvalue weighted by atomic mass is 35.5. The summed E-state index contributed by atoms with van der Waals surface area (Å²) in [4.78, 5) is 96.6. The van der Waals surface area contributed by atoms with E-state index < -0.39 is 51.4 Å². The van der Waals surface area contributed by atoms with Crippen molar-refractivity contribution in [2.75, 3.05) is 49.5 Å². The number of aliphatic hydroxyl groups is 2. The van der Waals surface area contributed by atoms with Crippen LogP contribution in [0.25, 0.3) is 0 Å². The first-order chi connectivity index (χ1) is 58.1. The van der Waals surface area contributed by atoms with Gasteiger partial charge in [0, 0.05) is 91.8 Å². The zero-order valence-electron chi connectivity index (χ0n) is 69.2. The highest BCUT2D eigenvalue weighted by Gasteiger charge is 2.42. The van der Waals surface area contributed by atoms with E-state index in [0.29, 0.717) is 109 Å². The number of thiophene rings is 3. The number of carbonyl (C=O) groups is 5. The van der Waals surface area contributed by atoms with Crippen LogP contribution < -0.4 is 26.4 Å². The fraction of sp³-hybridized carbons (Fsp3) is 0.453. The molecular weight excluding hydrogens is 1650 g/mol. The van der Waals surface area contributed by atoms with Gasteiger partial charge < -0.3 is 70.4 Å². The Morgan fingerprint density at radius 3 is 1.18 bits per heavy atom. The standard InChI is InChI=1S/C30H36BClN4O5S.C29H34BClN4O6S.C26H28ClN3O3S.CH3F/c1-5-18-10-21(12-25(18)41-30(38)16(2)36-31(4)39)35-29-24(14-33-15-34-29)27(37)26-13-22(17(3)42-26)28-23-11-20(32)7-6-19(23)8-9-40-28;1-15(35-30(3)39)29(38)41-24-10-20(8-18(24)13-36)34-28-23(12-32-14-33-28)26(37)25-11-21(16(2)42-25)27-22-9-19(31)5-4-17(22)6-7-40-27;1-3-15-8-18(10-22(15)31)30-26-21(12-28-13-29-26)24(32)23-11-19(14(2)34-23)25-20-9-17(27)5-4-16(20)6-7-33-25;1-2/h6-7,11,13-16,18,21,25,28,36,39H,5,8-10,12H2,1-4H3,(H,33,34,35);4-5,9,11-12,14-15,18,20,24,27,35-36,39H,6-8,10,13H2,1-3H3,(H,32,33,34);4-5,9,11-13,15,18,22,25,31H,3,6-8,10H2,1-2H3,(H,28,29,30);1H3/t16-,18-,21+,25-,28-;15-,18+,20+,24-,27-;15-,18+,22-,25-;/m000./s1/i;;;1D. The number of nitrogens with zero attached hydrogens (tertiary/aromatic N) is 6. The van der Waals surface area contributed by atoms with E-state index in [1.54, 1.807) is 33.1 Å². The van der Waals surface area contributed by atoms with Crippen LogP contribution in [0.15, 0.2) is 110 Å². The predicted octanol–water partition coefficient (Wildman–Crippen LogP) is 14.5.